The first-order valence-corrected chi connectivity index (χ1v) is 9.50. The maximum atomic E-state index is 12.8. The molecule has 0 unspecified atom stereocenters. The van der Waals surface area contributed by atoms with E-state index >= 15 is 0 Å². The van der Waals surface area contributed by atoms with Crippen LogP contribution in [0.15, 0.2) is 71.0 Å². The minimum Gasteiger partial charge on any atom is -0.497 e. The molecule has 0 atom stereocenters. The van der Waals surface area contributed by atoms with Gasteiger partial charge in [-0.3, -0.25) is 10.2 Å². The third-order valence-electron chi connectivity index (χ3n) is 4.25. The molecule has 0 saturated heterocycles. The van der Waals surface area contributed by atoms with Gasteiger partial charge in [-0.1, -0.05) is 18.2 Å². The monoisotopic (exact) mass is 409 g/mol. The molecule has 8 nitrogen and oxygen atoms in total. The number of hydrogen-bond acceptors (Lipinski definition) is 7. The van der Waals surface area contributed by atoms with Gasteiger partial charge in [-0.15, -0.1) is 0 Å². The van der Waals surface area contributed by atoms with E-state index in [2.05, 4.69) is 15.8 Å². The van der Waals surface area contributed by atoms with Gasteiger partial charge in [0.05, 0.1) is 26.0 Å². The van der Waals surface area contributed by atoms with Crippen molar-refractivity contribution < 1.29 is 23.8 Å². The van der Waals surface area contributed by atoms with E-state index in [1.54, 1.807) is 38.3 Å². The van der Waals surface area contributed by atoms with E-state index in [0.29, 0.717) is 29.1 Å². The summed E-state index contributed by atoms with van der Waals surface area (Å²) in [7, 11) is 1.57. The highest BCUT2D eigenvalue weighted by Crippen LogP contribution is 2.24. The van der Waals surface area contributed by atoms with Crippen LogP contribution in [0.4, 0.5) is 11.4 Å². The smallest absolute Gasteiger partial charge is 0.359 e. The van der Waals surface area contributed by atoms with E-state index in [1.807, 2.05) is 30.3 Å². The molecule has 2 N–H and O–H groups in total. The average molecular weight is 409 g/mol. The van der Waals surface area contributed by atoms with Crippen molar-refractivity contribution in [1.29, 1.82) is 0 Å². The largest absolute Gasteiger partial charge is 0.497 e. The Labute approximate surface area is 174 Å². The molecule has 0 saturated carbocycles. The van der Waals surface area contributed by atoms with Gasteiger partial charge in [0.15, 0.2) is 11.5 Å². The van der Waals surface area contributed by atoms with E-state index in [9.17, 15) is 9.59 Å². The molecule has 30 heavy (non-hydrogen) atoms. The minimum absolute atomic E-state index is 0.0121. The van der Waals surface area contributed by atoms with Crippen LogP contribution in [-0.4, -0.2) is 37.9 Å². The van der Waals surface area contributed by atoms with Crippen molar-refractivity contribution in [2.24, 2.45) is 5.10 Å². The standard InChI is InChI=1S/C22H23N3O5/c1-3-29-22(27)19(25-24-16-7-5-4-6-8-16)18-13-14-30-20(18)21(26)23-15-9-11-17(28-2)12-10-15/h4-12,24H,3,13-14H2,1-2H3,(H,23,26)/b25-19-. The van der Waals surface area contributed by atoms with Crippen LogP contribution in [0.25, 0.3) is 0 Å². The Morgan fingerprint density at radius 2 is 1.80 bits per heavy atom. The van der Waals surface area contributed by atoms with Crippen LogP contribution in [0.5, 0.6) is 5.75 Å². The maximum absolute atomic E-state index is 12.8. The third kappa shape index (κ3) is 5.16. The highest BCUT2D eigenvalue weighted by Gasteiger charge is 2.31. The molecule has 0 aromatic heterocycles. The van der Waals surface area contributed by atoms with Crippen molar-refractivity contribution in [3.05, 3.63) is 65.9 Å². The molecule has 2 aromatic carbocycles. The van der Waals surface area contributed by atoms with Gasteiger partial charge in [0.25, 0.3) is 5.91 Å². The molecule has 0 spiro atoms. The quantitative estimate of drug-likeness (QED) is 0.394. The summed E-state index contributed by atoms with van der Waals surface area (Å²) in [6.07, 6.45) is 0.361. The molecule has 1 aliphatic rings. The summed E-state index contributed by atoms with van der Waals surface area (Å²) < 4.78 is 15.8. The number of carbonyl (C=O) groups excluding carboxylic acids is 2. The first kappa shape index (κ1) is 20.9. The van der Waals surface area contributed by atoms with Gasteiger partial charge in [0, 0.05) is 17.7 Å². The van der Waals surface area contributed by atoms with Crippen molar-refractivity contribution in [3.8, 4) is 5.75 Å². The Hall–Kier alpha value is -3.81. The number of esters is 1. The number of anilines is 2. The first-order valence-electron chi connectivity index (χ1n) is 9.50. The normalized spacial score (nSPS) is 13.5. The van der Waals surface area contributed by atoms with Crippen LogP contribution in [0, 0.1) is 0 Å². The molecule has 1 amide bonds. The summed E-state index contributed by atoms with van der Waals surface area (Å²) in [5.74, 6) is -0.373. The minimum atomic E-state index is -0.629. The summed E-state index contributed by atoms with van der Waals surface area (Å²) in [4.78, 5) is 25.3. The van der Waals surface area contributed by atoms with Crippen molar-refractivity contribution >= 4 is 29.0 Å². The number of amides is 1. The van der Waals surface area contributed by atoms with Crippen LogP contribution in [0.2, 0.25) is 0 Å². The highest BCUT2D eigenvalue weighted by molar-refractivity contribution is 6.44. The summed E-state index contributed by atoms with van der Waals surface area (Å²) in [5.41, 5.74) is 4.51. The Kier molecular flexibility index (Phi) is 7.05. The van der Waals surface area contributed by atoms with Crippen LogP contribution in [0.1, 0.15) is 13.3 Å². The molecule has 1 heterocycles. The third-order valence-corrected chi connectivity index (χ3v) is 4.25. The number of nitrogens with zero attached hydrogens (tertiary/aromatic N) is 1. The number of para-hydroxylation sites is 1. The van der Waals surface area contributed by atoms with Gasteiger partial charge in [0.1, 0.15) is 5.75 Å². The molecule has 3 rings (SSSR count). The molecule has 0 bridgehead atoms. The number of hydrazone groups is 1. The Balaban J connectivity index is 1.86. The zero-order chi connectivity index (χ0) is 21.3. The van der Waals surface area contributed by atoms with E-state index < -0.39 is 11.9 Å². The van der Waals surface area contributed by atoms with Crippen LogP contribution in [0.3, 0.4) is 0 Å². The summed E-state index contributed by atoms with van der Waals surface area (Å²) in [6, 6.07) is 16.1. The maximum Gasteiger partial charge on any atom is 0.359 e. The van der Waals surface area contributed by atoms with Crippen molar-refractivity contribution in [1.82, 2.24) is 0 Å². The summed E-state index contributed by atoms with van der Waals surface area (Å²) in [5, 5.41) is 6.97. The highest BCUT2D eigenvalue weighted by atomic mass is 16.5. The lowest BCUT2D eigenvalue weighted by Gasteiger charge is -2.10. The number of rotatable bonds is 8. The number of benzene rings is 2. The predicted octanol–water partition coefficient (Wildman–Crippen LogP) is 3.34. The van der Waals surface area contributed by atoms with E-state index in [0.717, 1.165) is 0 Å². The summed E-state index contributed by atoms with van der Waals surface area (Å²) >= 11 is 0. The molecule has 2 aromatic rings. The zero-order valence-corrected chi connectivity index (χ0v) is 16.8. The van der Waals surface area contributed by atoms with Crippen LogP contribution >= 0.6 is 0 Å². The fourth-order valence-corrected chi connectivity index (χ4v) is 2.82. The van der Waals surface area contributed by atoms with Gasteiger partial charge in [-0.25, -0.2) is 4.79 Å². The van der Waals surface area contributed by atoms with Gasteiger partial charge in [-0.05, 0) is 43.3 Å². The molecule has 0 aliphatic carbocycles. The second kappa shape index (κ2) is 10.1. The Morgan fingerprint density at radius 3 is 2.47 bits per heavy atom. The number of carbonyl (C=O) groups is 2. The molecule has 156 valence electrons. The topological polar surface area (TPSA) is 98.2 Å². The van der Waals surface area contributed by atoms with Crippen molar-refractivity contribution in [2.45, 2.75) is 13.3 Å². The first-order chi connectivity index (χ1) is 14.6. The van der Waals surface area contributed by atoms with Gasteiger partial charge in [-0.2, -0.15) is 5.10 Å². The van der Waals surface area contributed by atoms with E-state index in [1.165, 1.54) is 0 Å². The molecular formula is C22H23N3O5. The predicted molar refractivity (Wildman–Crippen MR) is 113 cm³/mol. The molecular weight excluding hydrogens is 386 g/mol. The van der Waals surface area contributed by atoms with Crippen molar-refractivity contribution in [2.75, 3.05) is 31.1 Å². The second-order valence-corrected chi connectivity index (χ2v) is 6.25. The fraction of sp³-hybridized carbons (Fsp3) is 0.227. The molecule has 0 fully saturated rings. The molecule has 1 aliphatic heterocycles. The lowest BCUT2D eigenvalue weighted by molar-refractivity contribution is -0.135. The SMILES string of the molecule is CCOC(=O)/C(=N\Nc1ccccc1)C1=C(C(=O)Nc2ccc(OC)cc2)OCC1. The van der Waals surface area contributed by atoms with Gasteiger partial charge in [0.2, 0.25) is 0 Å². The Bertz CT molecular complexity index is 952. The zero-order valence-electron chi connectivity index (χ0n) is 16.8. The second-order valence-electron chi connectivity index (χ2n) is 6.25. The number of hydrogen-bond donors (Lipinski definition) is 2. The van der Waals surface area contributed by atoms with Crippen molar-refractivity contribution in [3.63, 3.8) is 0 Å². The van der Waals surface area contributed by atoms with Gasteiger partial charge >= 0.3 is 5.97 Å². The average Bonchev–Trinajstić information content (AvgIpc) is 3.25. The van der Waals surface area contributed by atoms with Crippen LogP contribution in [-0.2, 0) is 19.1 Å². The lowest BCUT2D eigenvalue weighted by Crippen LogP contribution is -2.24. The fourth-order valence-electron chi connectivity index (χ4n) is 2.82. The number of methoxy groups -OCH3 is 1. The van der Waals surface area contributed by atoms with E-state index in [-0.39, 0.29) is 24.7 Å². The summed E-state index contributed by atoms with van der Waals surface area (Å²) in [6.45, 7) is 2.16. The Morgan fingerprint density at radius 1 is 1.07 bits per heavy atom. The lowest BCUT2D eigenvalue weighted by atomic mass is 10.1. The number of nitrogens with one attached hydrogen (secondary N) is 2. The molecule has 0 radical (unpaired) electrons. The van der Waals surface area contributed by atoms with Crippen LogP contribution < -0.4 is 15.5 Å². The van der Waals surface area contributed by atoms with Gasteiger partial charge < -0.3 is 19.5 Å². The molecule has 8 heteroatoms. The van der Waals surface area contributed by atoms with E-state index in [4.69, 9.17) is 14.2 Å². The number of ether oxygens (including phenoxy) is 3.